The van der Waals surface area contributed by atoms with Crippen LogP contribution in [0.15, 0.2) is 28.6 Å². The predicted octanol–water partition coefficient (Wildman–Crippen LogP) is 2.36. The van der Waals surface area contributed by atoms with E-state index in [4.69, 9.17) is 0 Å². The Morgan fingerprint density at radius 3 is 3.00 bits per heavy atom. The van der Waals surface area contributed by atoms with Gasteiger partial charge in [0.15, 0.2) is 0 Å². The van der Waals surface area contributed by atoms with E-state index in [0.717, 1.165) is 8.66 Å². The highest BCUT2D eigenvalue weighted by Crippen LogP contribution is 2.22. The van der Waals surface area contributed by atoms with E-state index < -0.39 is 0 Å². The average Bonchev–Trinajstić information content (AvgIpc) is 2.48. The molecule has 0 atom stereocenters. The fraction of sp³-hybridized carbons (Fsp3) is 0.222. The molecule has 0 aliphatic carbocycles. The molecule has 0 aliphatic heterocycles. The number of halogens is 1. The van der Waals surface area contributed by atoms with Crippen LogP contribution in [-0.2, 0) is 11.2 Å². The van der Waals surface area contributed by atoms with E-state index in [-0.39, 0.29) is 5.91 Å². The van der Waals surface area contributed by atoms with Crippen molar-refractivity contribution in [2.45, 2.75) is 6.42 Å². The first-order valence-electron chi connectivity index (χ1n) is 3.84. The minimum absolute atomic E-state index is 0.0363. The van der Waals surface area contributed by atoms with Gasteiger partial charge in [-0.15, -0.1) is 17.9 Å². The van der Waals surface area contributed by atoms with Crippen molar-refractivity contribution >= 4 is 33.2 Å². The van der Waals surface area contributed by atoms with Crippen LogP contribution in [0.25, 0.3) is 0 Å². The molecule has 2 nitrogen and oxygen atoms in total. The molecule has 1 amide bonds. The monoisotopic (exact) mass is 259 g/mol. The molecular formula is C9H10BrNOS. The third-order valence-electron chi connectivity index (χ3n) is 1.41. The van der Waals surface area contributed by atoms with Gasteiger partial charge < -0.3 is 5.32 Å². The summed E-state index contributed by atoms with van der Waals surface area (Å²) in [7, 11) is 0. The van der Waals surface area contributed by atoms with Gasteiger partial charge in [-0.1, -0.05) is 6.08 Å². The van der Waals surface area contributed by atoms with Gasteiger partial charge in [0.1, 0.15) is 0 Å². The Hall–Kier alpha value is -0.610. The summed E-state index contributed by atoms with van der Waals surface area (Å²) in [5.74, 6) is 0.0363. The molecule has 4 heteroatoms. The molecule has 0 unspecified atom stereocenters. The van der Waals surface area contributed by atoms with Crippen LogP contribution >= 0.6 is 27.3 Å². The zero-order valence-corrected chi connectivity index (χ0v) is 9.45. The van der Waals surface area contributed by atoms with E-state index in [9.17, 15) is 4.79 Å². The van der Waals surface area contributed by atoms with E-state index in [1.54, 1.807) is 17.4 Å². The average molecular weight is 260 g/mol. The van der Waals surface area contributed by atoms with Crippen LogP contribution in [0.2, 0.25) is 0 Å². The smallest absolute Gasteiger partial charge is 0.225 e. The molecule has 0 aliphatic rings. The zero-order chi connectivity index (χ0) is 9.68. The second kappa shape index (κ2) is 5.19. The standard InChI is InChI=1S/C9H10BrNOS/c1-2-5-11-9(12)6-7-3-4-8(10)13-7/h2-4H,1,5-6H2,(H,11,12). The fourth-order valence-corrected chi connectivity index (χ4v) is 2.34. The Balaban J connectivity index is 2.40. The van der Waals surface area contributed by atoms with Crippen molar-refractivity contribution in [3.8, 4) is 0 Å². The predicted molar refractivity (Wildman–Crippen MR) is 58.9 cm³/mol. The zero-order valence-electron chi connectivity index (χ0n) is 7.05. The van der Waals surface area contributed by atoms with Gasteiger partial charge in [0.2, 0.25) is 5.91 Å². The molecular weight excluding hydrogens is 250 g/mol. The maximum Gasteiger partial charge on any atom is 0.225 e. The second-order valence-electron chi connectivity index (χ2n) is 2.48. The third-order valence-corrected chi connectivity index (χ3v) is 3.03. The summed E-state index contributed by atoms with van der Waals surface area (Å²) in [6, 6.07) is 3.89. The number of rotatable bonds is 4. The Morgan fingerprint density at radius 2 is 2.46 bits per heavy atom. The lowest BCUT2D eigenvalue weighted by atomic mass is 10.3. The van der Waals surface area contributed by atoms with E-state index in [0.29, 0.717) is 13.0 Å². The lowest BCUT2D eigenvalue weighted by Crippen LogP contribution is -2.24. The summed E-state index contributed by atoms with van der Waals surface area (Å²) in [5.41, 5.74) is 0. The molecule has 0 saturated carbocycles. The van der Waals surface area contributed by atoms with Crippen LogP contribution in [0.3, 0.4) is 0 Å². The molecule has 0 saturated heterocycles. The number of hydrogen-bond acceptors (Lipinski definition) is 2. The highest BCUT2D eigenvalue weighted by atomic mass is 79.9. The quantitative estimate of drug-likeness (QED) is 0.827. The maximum absolute atomic E-state index is 11.2. The van der Waals surface area contributed by atoms with Gasteiger partial charge in [-0.25, -0.2) is 0 Å². The largest absolute Gasteiger partial charge is 0.352 e. The van der Waals surface area contributed by atoms with Gasteiger partial charge >= 0.3 is 0 Å². The minimum Gasteiger partial charge on any atom is -0.352 e. The molecule has 0 aromatic carbocycles. The van der Waals surface area contributed by atoms with Crippen molar-refractivity contribution in [3.63, 3.8) is 0 Å². The SMILES string of the molecule is C=CCNC(=O)Cc1ccc(Br)s1. The molecule has 0 radical (unpaired) electrons. The molecule has 0 fully saturated rings. The number of nitrogens with one attached hydrogen (secondary N) is 1. The molecule has 13 heavy (non-hydrogen) atoms. The first kappa shape index (κ1) is 10.5. The number of hydrogen-bond donors (Lipinski definition) is 1. The molecule has 1 rings (SSSR count). The summed E-state index contributed by atoms with van der Waals surface area (Å²) < 4.78 is 1.05. The van der Waals surface area contributed by atoms with Gasteiger partial charge in [-0.3, -0.25) is 4.79 Å². The summed E-state index contributed by atoms with van der Waals surface area (Å²) >= 11 is 4.92. The maximum atomic E-state index is 11.2. The highest BCUT2D eigenvalue weighted by Gasteiger charge is 2.03. The van der Waals surface area contributed by atoms with Gasteiger partial charge in [-0.2, -0.15) is 0 Å². The molecule has 70 valence electrons. The first-order valence-corrected chi connectivity index (χ1v) is 5.45. The molecule has 1 aromatic rings. The molecule has 1 N–H and O–H groups in total. The van der Waals surface area contributed by atoms with Crippen molar-refractivity contribution in [3.05, 3.63) is 33.5 Å². The third kappa shape index (κ3) is 3.74. The topological polar surface area (TPSA) is 29.1 Å². The van der Waals surface area contributed by atoms with Gasteiger partial charge in [-0.05, 0) is 28.1 Å². The number of carbonyl (C=O) groups is 1. The van der Waals surface area contributed by atoms with Crippen LogP contribution in [0.1, 0.15) is 4.88 Å². The van der Waals surface area contributed by atoms with Crippen molar-refractivity contribution in [2.24, 2.45) is 0 Å². The van der Waals surface area contributed by atoms with E-state index in [1.807, 2.05) is 12.1 Å². The highest BCUT2D eigenvalue weighted by molar-refractivity contribution is 9.11. The number of carbonyl (C=O) groups excluding carboxylic acids is 1. The van der Waals surface area contributed by atoms with E-state index >= 15 is 0 Å². The normalized spacial score (nSPS) is 9.62. The van der Waals surface area contributed by atoms with Crippen molar-refractivity contribution in [1.29, 1.82) is 0 Å². The summed E-state index contributed by atoms with van der Waals surface area (Å²) in [4.78, 5) is 12.3. The van der Waals surface area contributed by atoms with Crippen LogP contribution in [-0.4, -0.2) is 12.5 Å². The van der Waals surface area contributed by atoms with Crippen molar-refractivity contribution in [2.75, 3.05) is 6.54 Å². The molecule has 1 aromatic heterocycles. The number of thiophene rings is 1. The number of amides is 1. The lowest BCUT2D eigenvalue weighted by Gasteiger charge is -1.98. The molecule has 0 bridgehead atoms. The van der Waals surface area contributed by atoms with E-state index in [2.05, 4.69) is 27.8 Å². The molecule has 1 heterocycles. The Morgan fingerprint density at radius 1 is 1.69 bits per heavy atom. The second-order valence-corrected chi connectivity index (χ2v) is 5.02. The van der Waals surface area contributed by atoms with Crippen LogP contribution in [0.4, 0.5) is 0 Å². The van der Waals surface area contributed by atoms with Crippen molar-refractivity contribution < 1.29 is 4.79 Å². The first-order chi connectivity index (χ1) is 6.22. The van der Waals surface area contributed by atoms with Gasteiger partial charge in [0.05, 0.1) is 10.2 Å². The lowest BCUT2D eigenvalue weighted by molar-refractivity contribution is -0.120. The fourth-order valence-electron chi connectivity index (χ4n) is 0.854. The Bertz CT molecular complexity index is 308. The van der Waals surface area contributed by atoms with Crippen molar-refractivity contribution in [1.82, 2.24) is 5.32 Å². The summed E-state index contributed by atoms with van der Waals surface area (Å²) in [6.45, 7) is 4.06. The minimum atomic E-state index is 0.0363. The summed E-state index contributed by atoms with van der Waals surface area (Å²) in [5, 5.41) is 2.72. The Kier molecular flexibility index (Phi) is 4.18. The van der Waals surface area contributed by atoms with Gasteiger partial charge in [0.25, 0.3) is 0 Å². The Labute approximate surface area is 89.8 Å². The van der Waals surface area contributed by atoms with Crippen LogP contribution < -0.4 is 5.32 Å². The van der Waals surface area contributed by atoms with Crippen LogP contribution in [0, 0.1) is 0 Å². The van der Waals surface area contributed by atoms with Gasteiger partial charge in [0, 0.05) is 11.4 Å². The molecule has 0 spiro atoms. The van der Waals surface area contributed by atoms with Crippen LogP contribution in [0.5, 0.6) is 0 Å². The van der Waals surface area contributed by atoms with E-state index in [1.165, 1.54) is 0 Å². The summed E-state index contributed by atoms with van der Waals surface area (Å²) in [6.07, 6.45) is 2.12.